The van der Waals surface area contributed by atoms with Crippen molar-refractivity contribution in [3.05, 3.63) is 18.6 Å². The summed E-state index contributed by atoms with van der Waals surface area (Å²) in [6.07, 6.45) is 7.55. The molecule has 1 aliphatic carbocycles. The van der Waals surface area contributed by atoms with E-state index in [0.717, 1.165) is 50.5 Å². The summed E-state index contributed by atoms with van der Waals surface area (Å²) in [5.41, 5.74) is 0. The average molecular weight is 309 g/mol. The minimum absolute atomic E-state index is 0.352. The van der Waals surface area contributed by atoms with Crippen LogP contribution in [0, 0.1) is 0 Å². The van der Waals surface area contributed by atoms with Crippen LogP contribution in [0.2, 0.25) is 0 Å². The van der Waals surface area contributed by atoms with Gasteiger partial charge >= 0.3 is 0 Å². The van der Waals surface area contributed by atoms with Crippen LogP contribution in [-0.4, -0.2) is 46.8 Å². The zero-order valence-corrected chi connectivity index (χ0v) is 13.3. The standard InChI is InChI=1S/C15H23N3O2S/c1-2-6-17-12-3-5-15(19-8-9-20-15)10-13(12)21-14-4-7-16-11-18-14/h4,7,11-13,17H,2-3,5-6,8-10H2,1H3. The van der Waals surface area contributed by atoms with Gasteiger partial charge in [0.15, 0.2) is 5.79 Å². The number of hydrogen-bond acceptors (Lipinski definition) is 6. The van der Waals surface area contributed by atoms with Gasteiger partial charge in [0.2, 0.25) is 0 Å². The van der Waals surface area contributed by atoms with Crippen LogP contribution in [0.25, 0.3) is 0 Å². The third-order valence-corrected chi connectivity index (χ3v) is 5.38. The van der Waals surface area contributed by atoms with Gasteiger partial charge < -0.3 is 14.8 Å². The molecule has 1 N–H and O–H groups in total. The van der Waals surface area contributed by atoms with E-state index in [1.54, 1.807) is 12.5 Å². The highest BCUT2D eigenvalue weighted by Crippen LogP contribution is 2.42. The number of ether oxygens (including phenoxy) is 2. The number of nitrogens with zero attached hydrogens (tertiary/aromatic N) is 2. The number of rotatable bonds is 5. The molecule has 1 spiro atoms. The molecule has 6 heteroatoms. The van der Waals surface area contributed by atoms with Crippen molar-refractivity contribution in [3.63, 3.8) is 0 Å². The highest BCUT2D eigenvalue weighted by Gasteiger charge is 2.45. The quantitative estimate of drug-likeness (QED) is 0.842. The molecular formula is C15H23N3O2S. The fourth-order valence-corrected chi connectivity index (χ4v) is 4.35. The Morgan fingerprint density at radius 1 is 1.43 bits per heavy atom. The molecule has 0 aromatic carbocycles. The lowest BCUT2D eigenvalue weighted by molar-refractivity contribution is -0.178. The summed E-state index contributed by atoms with van der Waals surface area (Å²) in [4.78, 5) is 8.33. The molecular weight excluding hydrogens is 286 g/mol. The van der Waals surface area contributed by atoms with Crippen molar-refractivity contribution in [1.82, 2.24) is 15.3 Å². The second-order valence-electron chi connectivity index (χ2n) is 5.61. The van der Waals surface area contributed by atoms with Gasteiger partial charge in [-0.2, -0.15) is 0 Å². The van der Waals surface area contributed by atoms with E-state index < -0.39 is 0 Å². The molecule has 1 saturated heterocycles. The molecule has 0 radical (unpaired) electrons. The van der Waals surface area contributed by atoms with Gasteiger partial charge in [-0.15, -0.1) is 11.8 Å². The first-order chi connectivity index (χ1) is 10.3. The second-order valence-corrected chi connectivity index (χ2v) is 6.87. The molecule has 2 fully saturated rings. The van der Waals surface area contributed by atoms with Crippen LogP contribution in [0.15, 0.2) is 23.6 Å². The Balaban J connectivity index is 1.69. The minimum Gasteiger partial charge on any atom is -0.347 e. The van der Waals surface area contributed by atoms with Gasteiger partial charge in [-0.3, -0.25) is 0 Å². The van der Waals surface area contributed by atoms with E-state index >= 15 is 0 Å². The molecule has 0 bridgehead atoms. The highest BCUT2D eigenvalue weighted by atomic mass is 32.2. The number of aromatic nitrogens is 2. The summed E-state index contributed by atoms with van der Waals surface area (Å²) in [5.74, 6) is -0.352. The summed E-state index contributed by atoms with van der Waals surface area (Å²) in [6.45, 7) is 4.70. The lowest BCUT2D eigenvalue weighted by Crippen LogP contribution is -2.49. The SMILES string of the molecule is CCCNC1CCC2(CC1Sc1ccncn1)OCCO2. The second kappa shape index (κ2) is 7.05. The fourth-order valence-electron chi connectivity index (χ4n) is 3.06. The maximum Gasteiger partial charge on any atom is 0.169 e. The Morgan fingerprint density at radius 2 is 2.29 bits per heavy atom. The smallest absolute Gasteiger partial charge is 0.169 e. The average Bonchev–Trinajstić information content (AvgIpc) is 2.96. The normalized spacial score (nSPS) is 28.0. The molecule has 2 atom stereocenters. The molecule has 2 heterocycles. The first-order valence-corrected chi connectivity index (χ1v) is 8.63. The molecule has 1 saturated carbocycles. The van der Waals surface area contributed by atoms with E-state index in [1.807, 2.05) is 17.8 Å². The highest BCUT2D eigenvalue weighted by molar-refractivity contribution is 7.99. The maximum atomic E-state index is 5.91. The van der Waals surface area contributed by atoms with Gasteiger partial charge in [-0.05, 0) is 25.5 Å². The van der Waals surface area contributed by atoms with E-state index in [2.05, 4.69) is 22.2 Å². The van der Waals surface area contributed by atoms with Gasteiger partial charge in [0, 0.05) is 30.3 Å². The fraction of sp³-hybridized carbons (Fsp3) is 0.733. The molecule has 1 aliphatic heterocycles. The summed E-state index contributed by atoms with van der Waals surface area (Å²) >= 11 is 1.81. The molecule has 0 amide bonds. The van der Waals surface area contributed by atoms with E-state index in [4.69, 9.17) is 9.47 Å². The zero-order chi connectivity index (χ0) is 14.5. The first-order valence-electron chi connectivity index (χ1n) is 7.75. The van der Waals surface area contributed by atoms with Crippen molar-refractivity contribution in [2.75, 3.05) is 19.8 Å². The van der Waals surface area contributed by atoms with Crippen molar-refractivity contribution >= 4 is 11.8 Å². The lowest BCUT2D eigenvalue weighted by Gasteiger charge is -2.41. The Labute approximate surface area is 130 Å². The van der Waals surface area contributed by atoms with Gasteiger partial charge in [0.05, 0.1) is 18.2 Å². The van der Waals surface area contributed by atoms with E-state index in [0.29, 0.717) is 11.3 Å². The van der Waals surface area contributed by atoms with Crippen molar-refractivity contribution < 1.29 is 9.47 Å². The Kier molecular flexibility index (Phi) is 5.11. The molecule has 116 valence electrons. The van der Waals surface area contributed by atoms with Crippen molar-refractivity contribution in [2.24, 2.45) is 0 Å². The molecule has 1 aromatic rings. The van der Waals surface area contributed by atoms with Gasteiger partial charge in [-0.1, -0.05) is 6.92 Å². The van der Waals surface area contributed by atoms with Crippen LogP contribution < -0.4 is 5.32 Å². The van der Waals surface area contributed by atoms with Crippen LogP contribution in [0.1, 0.15) is 32.6 Å². The summed E-state index contributed by atoms with van der Waals surface area (Å²) in [6, 6.07) is 2.46. The van der Waals surface area contributed by atoms with E-state index in [-0.39, 0.29) is 5.79 Å². The topological polar surface area (TPSA) is 56.3 Å². The zero-order valence-electron chi connectivity index (χ0n) is 12.5. The molecule has 2 aliphatic rings. The number of hydrogen-bond donors (Lipinski definition) is 1. The van der Waals surface area contributed by atoms with E-state index in [9.17, 15) is 0 Å². The van der Waals surface area contributed by atoms with Crippen LogP contribution in [-0.2, 0) is 9.47 Å². The van der Waals surface area contributed by atoms with Gasteiger partial charge in [-0.25, -0.2) is 9.97 Å². The van der Waals surface area contributed by atoms with Crippen LogP contribution in [0.3, 0.4) is 0 Å². The van der Waals surface area contributed by atoms with E-state index in [1.165, 1.54) is 0 Å². The predicted octanol–water partition coefficient (Wildman–Crippen LogP) is 2.23. The van der Waals surface area contributed by atoms with Crippen molar-refractivity contribution in [3.8, 4) is 0 Å². The third-order valence-electron chi connectivity index (χ3n) is 4.09. The van der Waals surface area contributed by atoms with Crippen molar-refractivity contribution in [1.29, 1.82) is 0 Å². The third kappa shape index (κ3) is 3.74. The van der Waals surface area contributed by atoms with Crippen LogP contribution >= 0.6 is 11.8 Å². The lowest BCUT2D eigenvalue weighted by atomic mass is 9.89. The summed E-state index contributed by atoms with van der Waals surface area (Å²) in [5, 5.41) is 5.11. The molecule has 5 nitrogen and oxygen atoms in total. The number of nitrogens with one attached hydrogen (secondary N) is 1. The summed E-state index contributed by atoms with van der Waals surface area (Å²) in [7, 11) is 0. The molecule has 3 rings (SSSR count). The van der Waals surface area contributed by atoms with Crippen LogP contribution in [0.5, 0.6) is 0 Å². The summed E-state index contributed by atoms with van der Waals surface area (Å²) < 4.78 is 11.8. The van der Waals surface area contributed by atoms with Crippen LogP contribution in [0.4, 0.5) is 0 Å². The predicted molar refractivity (Wildman–Crippen MR) is 82.2 cm³/mol. The Bertz CT molecular complexity index is 440. The first kappa shape index (κ1) is 15.2. The molecule has 1 aromatic heterocycles. The molecule has 21 heavy (non-hydrogen) atoms. The maximum absolute atomic E-state index is 5.91. The monoisotopic (exact) mass is 309 g/mol. The van der Waals surface area contributed by atoms with Gasteiger partial charge in [0.1, 0.15) is 6.33 Å². The Hall–Kier alpha value is -0.690. The number of thioether (sulfide) groups is 1. The van der Waals surface area contributed by atoms with Crippen molar-refractivity contribution in [2.45, 2.75) is 54.7 Å². The minimum atomic E-state index is -0.352. The molecule has 2 unspecified atom stereocenters. The Morgan fingerprint density at radius 3 is 3.00 bits per heavy atom. The van der Waals surface area contributed by atoms with Gasteiger partial charge in [0.25, 0.3) is 0 Å². The largest absolute Gasteiger partial charge is 0.347 e.